The maximum absolute atomic E-state index is 12.4. The predicted molar refractivity (Wildman–Crippen MR) is 77.6 cm³/mol. The zero-order valence-corrected chi connectivity index (χ0v) is 11.8. The van der Waals surface area contributed by atoms with Gasteiger partial charge >= 0.3 is 6.03 Å². The number of carbonyl (C=O) groups is 2. The summed E-state index contributed by atoms with van der Waals surface area (Å²) in [4.78, 5) is 25.7. The Labute approximate surface area is 119 Å². The zero-order chi connectivity index (χ0) is 14.4. The number of hydrogen-bond acceptors (Lipinski definition) is 2. The summed E-state index contributed by atoms with van der Waals surface area (Å²) in [6.45, 7) is 3.81. The van der Waals surface area contributed by atoms with Gasteiger partial charge in [0.25, 0.3) is 5.91 Å². The molecule has 1 aromatic rings. The molecular weight excluding hydrogens is 254 g/mol. The first-order chi connectivity index (χ1) is 9.70. The number of likely N-dealkylation sites (tertiary alicyclic amines) is 1. The fourth-order valence-electron chi connectivity index (χ4n) is 2.44. The predicted octanol–water partition coefficient (Wildman–Crippen LogP) is 1.61. The van der Waals surface area contributed by atoms with E-state index >= 15 is 0 Å². The lowest BCUT2D eigenvalue weighted by Crippen LogP contribution is -2.51. The van der Waals surface area contributed by atoms with Crippen LogP contribution in [-0.4, -0.2) is 42.5 Å². The number of benzene rings is 1. The number of amides is 3. The molecule has 5 nitrogen and oxygen atoms in total. The van der Waals surface area contributed by atoms with Gasteiger partial charge in [0.15, 0.2) is 0 Å². The van der Waals surface area contributed by atoms with Crippen molar-refractivity contribution in [3.05, 3.63) is 35.9 Å². The van der Waals surface area contributed by atoms with Crippen LogP contribution in [0.3, 0.4) is 0 Å². The molecule has 2 rings (SSSR count). The molecule has 1 aliphatic rings. The van der Waals surface area contributed by atoms with Gasteiger partial charge < -0.3 is 15.5 Å². The molecule has 0 aromatic heterocycles. The van der Waals surface area contributed by atoms with E-state index in [1.165, 1.54) is 0 Å². The number of carbonyl (C=O) groups excluding carboxylic acids is 2. The van der Waals surface area contributed by atoms with E-state index in [4.69, 9.17) is 0 Å². The van der Waals surface area contributed by atoms with E-state index in [1.54, 1.807) is 0 Å². The smallest absolute Gasteiger partial charge is 0.315 e. The highest BCUT2D eigenvalue weighted by atomic mass is 16.2. The van der Waals surface area contributed by atoms with Crippen molar-refractivity contribution in [1.82, 2.24) is 15.5 Å². The molecule has 1 saturated heterocycles. The Morgan fingerprint density at radius 3 is 2.75 bits per heavy atom. The second-order valence-corrected chi connectivity index (χ2v) is 4.96. The number of nitrogens with zero attached hydrogens (tertiary/aromatic N) is 1. The minimum Gasteiger partial charge on any atom is -0.338 e. The Morgan fingerprint density at radius 1 is 1.30 bits per heavy atom. The highest BCUT2D eigenvalue weighted by Crippen LogP contribution is 2.13. The molecule has 1 heterocycles. The average Bonchev–Trinajstić information content (AvgIpc) is 2.48. The van der Waals surface area contributed by atoms with Crippen LogP contribution in [0, 0.1) is 0 Å². The summed E-state index contributed by atoms with van der Waals surface area (Å²) in [5.41, 5.74) is 0.700. The third kappa shape index (κ3) is 3.73. The van der Waals surface area contributed by atoms with Crippen molar-refractivity contribution in [2.45, 2.75) is 25.8 Å². The molecule has 1 aromatic carbocycles. The van der Waals surface area contributed by atoms with E-state index in [1.807, 2.05) is 42.2 Å². The van der Waals surface area contributed by atoms with Gasteiger partial charge in [-0.3, -0.25) is 4.79 Å². The first-order valence-electron chi connectivity index (χ1n) is 7.09. The fraction of sp³-hybridized carbons (Fsp3) is 0.467. The Hall–Kier alpha value is -2.04. The molecule has 3 amide bonds. The van der Waals surface area contributed by atoms with E-state index in [2.05, 4.69) is 10.6 Å². The van der Waals surface area contributed by atoms with Gasteiger partial charge in [-0.1, -0.05) is 18.2 Å². The summed E-state index contributed by atoms with van der Waals surface area (Å²) >= 11 is 0. The lowest BCUT2D eigenvalue weighted by Gasteiger charge is -2.33. The summed E-state index contributed by atoms with van der Waals surface area (Å²) in [7, 11) is 0. The molecule has 5 heteroatoms. The Kier molecular flexibility index (Phi) is 4.98. The van der Waals surface area contributed by atoms with E-state index in [9.17, 15) is 9.59 Å². The van der Waals surface area contributed by atoms with Gasteiger partial charge in [-0.25, -0.2) is 4.79 Å². The minimum absolute atomic E-state index is 0.0305. The van der Waals surface area contributed by atoms with E-state index in [0.717, 1.165) is 19.4 Å². The first kappa shape index (κ1) is 14.4. The summed E-state index contributed by atoms with van der Waals surface area (Å²) in [5, 5.41) is 5.63. The van der Waals surface area contributed by atoms with Crippen LogP contribution in [0.1, 0.15) is 30.1 Å². The molecule has 2 N–H and O–H groups in total. The average molecular weight is 275 g/mol. The molecule has 0 aliphatic carbocycles. The van der Waals surface area contributed by atoms with Gasteiger partial charge in [0, 0.05) is 31.2 Å². The maximum Gasteiger partial charge on any atom is 0.315 e. The van der Waals surface area contributed by atoms with Crippen LogP contribution in [0.15, 0.2) is 30.3 Å². The van der Waals surface area contributed by atoms with Crippen LogP contribution in [0.25, 0.3) is 0 Å². The summed E-state index contributed by atoms with van der Waals surface area (Å²) in [5.74, 6) is 0.0352. The lowest BCUT2D eigenvalue weighted by molar-refractivity contribution is 0.0697. The molecule has 0 unspecified atom stereocenters. The van der Waals surface area contributed by atoms with Gasteiger partial charge in [0.1, 0.15) is 0 Å². The van der Waals surface area contributed by atoms with Crippen molar-refractivity contribution >= 4 is 11.9 Å². The Morgan fingerprint density at radius 2 is 2.05 bits per heavy atom. The first-order valence-corrected chi connectivity index (χ1v) is 7.09. The van der Waals surface area contributed by atoms with Crippen LogP contribution in [0.4, 0.5) is 4.79 Å². The van der Waals surface area contributed by atoms with Crippen LogP contribution in [-0.2, 0) is 0 Å². The molecule has 0 radical (unpaired) electrons. The molecule has 0 spiro atoms. The quantitative estimate of drug-likeness (QED) is 0.880. The third-order valence-electron chi connectivity index (χ3n) is 3.40. The Balaban J connectivity index is 1.93. The van der Waals surface area contributed by atoms with E-state index in [0.29, 0.717) is 18.7 Å². The van der Waals surface area contributed by atoms with Crippen molar-refractivity contribution < 1.29 is 9.59 Å². The molecule has 0 saturated carbocycles. The number of hydrogen-bond donors (Lipinski definition) is 2. The number of rotatable bonds is 3. The van der Waals surface area contributed by atoms with Gasteiger partial charge in [-0.2, -0.15) is 0 Å². The van der Waals surface area contributed by atoms with Crippen molar-refractivity contribution in [3.63, 3.8) is 0 Å². The van der Waals surface area contributed by atoms with Crippen molar-refractivity contribution in [1.29, 1.82) is 0 Å². The maximum atomic E-state index is 12.4. The van der Waals surface area contributed by atoms with E-state index < -0.39 is 0 Å². The number of nitrogens with one attached hydrogen (secondary N) is 2. The normalized spacial score (nSPS) is 18.4. The monoisotopic (exact) mass is 275 g/mol. The standard InChI is InChI=1S/C15H21N3O2/c1-2-16-15(20)17-13-9-6-10-18(11-13)14(19)12-7-4-3-5-8-12/h3-5,7-8,13H,2,6,9-11H2,1H3,(H2,16,17,20)/t13-/m0/s1. The van der Waals surface area contributed by atoms with Crippen molar-refractivity contribution in [3.8, 4) is 0 Å². The number of urea groups is 1. The van der Waals surface area contributed by atoms with Crippen molar-refractivity contribution in [2.75, 3.05) is 19.6 Å². The minimum atomic E-state index is -0.161. The van der Waals surface area contributed by atoms with E-state index in [-0.39, 0.29) is 18.0 Å². The Bertz CT molecular complexity index is 461. The second-order valence-electron chi connectivity index (χ2n) is 4.96. The van der Waals surface area contributed by atoms with Crippen molar-refractivity contribution in [2.24, 2.45) is 0 Å². The molecule has 1 atom stereocenters. The van der Waals surface area contributed by atoms with Gasteiger partial charge in [0.05, 0.1) is 0 Å². The molecule has 1 aliphatic heterocycles. The molecule has 0 bridgehead atoms. The lowest BCUT2D eigenvalue weighted by atomic mass is 10.0. The summed E-state index contributed by atoms with van der Waals surface area (Å²) in [6, 6.07) is 9.14. The summed E-state index contributed by atoms with van der Waals surface area (Å²) in [6.07, 6.45) is 1.82. The fourth-order valence-corrected chi connectivity index (χ4v) is 2.44. The molecule has 108 valence electrons. The number of piperidine rings is 1. The van der Waals surface area contributed by atoms with Gasteiger partial charge in [-0.15, -0.1) is 0 Å². The third-order valence-corrected chi connectivity index (χ3v) is 3.40. The summed E-state index contributed by atoms with van der Waals surface area (Å²) < 4.78 is 0. The topological polar surface area (TPSA) is 61.4 Å². The molecule has 20 heavy (non-hydrogen) atoms. The van der Waals surface area contributed by atoms with Gasteiger partial charge in [-0.05, 0) is 31.9 Å². The zero-order valence-electron chi connectivity index (χ0n) is 11.8. The molecular formula is C15H21N3O2. The highest BCUT2D eigenvalue weighted by Gasteiger charge is 2.25. The van der Waals surface area contributed by atoms with Crippen LogP contribution in [0.2, 0.25) is 0 Å². The van der Waals surface area contributed by atoms with Crippen LogP contribution < -0.4 is 10.6 Å². The van der Waals surface area contributed by atoms with Crippen LogP contribution in [0.5, 0.6) is 0 Å². The second kappa shape index (κ2) is 6.93. The van der Waals surface area contributed by atoms with Gasteiger partial charge in [0.2, 0.25) is 0 Å². The molecule has 1 fully saturated rings. The SMILES string of the molecule is CCNC(=O)N[C@H]1CCCN(C(=O)c2ccccc2)C1. The van der Waals surface area contributed by atoms with Crippen LogP contribution >= 0.6 is 0 Å². The largest absolute Gasteiger partial charge is 0.338 e. The highest BCUT2D eigenvalue weighted by molar-refractivity contribution is 5.94.